The second kappa shape index (κ2) is 7.79. The molecule has 2 aliphatic carbocycles. The van der Waals surface area contributed by atoms with Gasteiger partial charge in [0.25, 0.3) is 0 Å². The molecule has 1 aromatic carbocycles. The van der Waals surface area contributed by atoms with Crippen molar-refractivity contribution in [2.75, 3.05) is 4.90 Å². The summed E-state index contributed by atoms with van der Waals surface area (Å²) < 4.78 is 1.21. The van der Waals surface area contributed by atoms with Crippen molar-refractivity contribution in [1.29, 1.82) is 0 Å². The maximum atomic E-state index is 7.19. The van der Waals surface area contributed by atoms with E-state index in [1.165, 1.54) is 22.5 Å². The van der Waals surface area contributed by atoms with Crippen molar-refractivity contribution >= 4 is 42.1 Å². The summed E-state index contributed by atoms with van der Waals surface area (Å²) in [6.45, 7) is 2.15. The Balaban J connectivity index is 0.00000104. The molecule has 4 rings (SSSR count). The molecule has 24 heavy (non-hydrogen) atoms. The predicted molar refractivity (Wildman–Crippen MR) is 104 cm³/mol. The summed E-state index contributed by atoms with van der Waals surface area (Å²) in [5.41, 5.74) is 5.02. The van der Waals surface area contributed by atoms with Gasteiger partial charge in [0, 0.05) is 0 Å². The third kappa shape index (κ3) is 3.53. The minimum Gasteiger partial charge on any atom is -0.147 e. The minimum absolute atomic E-state index is 0. The largest absolute Gasteiger partial charge is 0.147 e. The first kappa shape index (κ1) is 19.8. The number of halogens is 3. The number of benzene rings is 1. The first-order chi connectivity index (χ1) is 10.7. The molecule has 0 saturated heterocycles. The van der Waals surface area contributed by atoms with Gasteiger partial charge in [-0.3, -0.25) is 0 Å². The molecule has 124 valence electrons. The molecule has 1 heterocycles. The summed E-state index contributed by atoms with van der Waals surface area (Å²) in [7, 11) is 0. The van der Waals surface area contributed by atoms with Gasteiger partial charge in [0.05, 0.1) is 0 Å². The van der Waals surface area contributed by atoms with E-state index in [1.807, 2.05) is 0 Å². The molecule has 0 spiro atoms. The van der Waals surface area contributed by atoms with Gasteiger partial charge in [-0.15, -0.1) is 24.8 Å². The summed E-state index contributed by atoms with van der Waals surface area (Å²) in [6, 6.07) is 10.5. The Morgan fingerprint density at radius 2 is 1.88 bits per heavy atom. The normalized spacial score (nSPS) is 23.5. The van der Waals surface area contributed by atoms with E-state index in [4.69, 9.17) is 11.6 Å². The van der Waals surface area contributed by atoms with Gasteiger partial charge < -0.3 is 0 Å². The average Bonchev–Trinajstić information content (AvgIpc) is 3.15. The van der Waals surface area contributed by atoms with Crippen molar-refractivity contribution in [3.05, 3.63) is 86.9 Å². The zero-order valence-corrected chi connectivity index (χ0v) is 18.0. The number of fused-ring (bicyclic) bond motifs is 1. The molecule has 0 aromatic heterocycles. The van der Waals surface area contributed by atoms with Gasteiger partial charge in [-0.1, -0.05) is 0 Å². The van der Waals surface area contributed by atoms with Crippen molar-refractivity contribution in [2.24, 2.45) is 0 Å². The third-order valence-corrected chi connectivity index (χ3v) is 8.38. The summed E-state index contributed by atoms with van der Waals surface area (Å²) in [6.07, 6.45) is 14.5. The van der Waals surface area contributed by atoms with E-state index in [0.29, 0.717) is 0 Å². The van der Waals surface area contributed by atoms with Crippen molar-refractivity contribution in [2.45, 2.75) is 16.1 Å². The second-order valence-corrected chi connectivity index (χ2v) is 11.2. The summed E-state index contributed by atoms with van der Waals surface area (Å²) >= 11 is 6.22. The van der Waals surface area contributed by atoms with E-state index in [-0.39, 0.29) is 27.5 Å². The first-order valence-corrected chi connectivity index (χ1v) is 10.3. The van der Waals surface area contributed by atoms with Gasteiger partial charge >= 0.3 is 148 Å². The van der Waals surface area contributed by atoms with Crippen LogP contribution >= 0.6 is 36.4 Å². The number of nitrogens with zero attached hydrogens (tertiary/aromatic N) is 1. The van der Waals surface area contributed by atoms with Crippen molar-refractivity contribution in [1.82, 2.24) is 0 Å². The average molecular weight is 458 g/mol. The fourth-order valence-electron chi connectivity index (χ4n) is 3.18. The van der Waals surface area contributed by atoms with Gasteiger partial charge in [0.2, 0.25) is 0 Å². The Hall–Kier alpha value is -0.527. The molecule has 1 unspecified atom stereocenters. The summed E-state index contributed by atoms with van der Waals surface area (Å²) in [4.78, 5) is 2.35. The summed E-state index contributed by atoms with van der Waals surface area (Å²) in [5.74, 6) is 0. The zero-order valence-electron chi connectivity index (χ0n) is 13.2. The molecule has 0 bridgehead atoms. The Bertz CT molecular complexity index is 777. The molecule has 1 atom stereocenters. The Labute approximate surface area is 172 Å². The molecule has 0 amide bonds. The standard InChI is InChI=1S/C14H11ClN.C5H5.2ClH.Zr/c1-10-7-11-9-14(15)16(13(11)8-10)12-5-3-2-4-6-12;1-2-4-5-3-1;;;/h2-9H,1H3;1-3H,4H2;2*1H;. The number of hydrogen-bond acceptors (Lipinski definition) is 1. The van der Waals surface area contributed by atoms with Crippen molar-refractivity contribution < 1.29 is 23.2 Å². The van der Waals surface area contributed by atoms with Gasteiger partial charge in [0.1, 0.15) is 0 Å². The van der Waals surface area contributed by atoms with Crippen LogP contribution in [-0.2, 0) is 23.2 Å². The molecule has 1 aromatic rings. The Morgan fingerprint density at radius 1 is 1.12 bits per heavy atom. The van der Waals surface area contributed by atoms with E-state index in [9.17, 15) is 0 Å². The van der Waals surface area contributed by atoms with Crippen LogP contribution in [-0.4, -0.2) is 2.71 Å². The van der Waals surface area contributed by atoms with Crippen LogP contribution in [0.25, 0.3) is 0 Å². The molecule has 0 saturated carbocycles. The minimum atomic E-state index is -0.966. The van der Waals surface area contributed by atoms with Crippen LogP contribution in [0.1, 0.15) is 13.3 Å². The van der Waals surface area contributed by atoms with Crippen LogP contribution in [0.15, 0.2) is 86.9 Å². The smallest absolute Gasteiger partial charge is 0.147 e. The topological polar surface area (TPSA) is 3.24 Å². The van der Waals surface area contributed by atoms with Gasteiger partial charge in [0.15, 0.2) is 0 Å². The second-order valence-electron chi connectivity index (χ2n) is 5.81. The third-order valence-electron chi connectivity index (χ3n) is 4.08. The van der Waals surface area contributed by atoms with E-state index in [0.717, 1.165) is 6.42 Å². The fourth-order valence-corrected chi connectivity index (χ4v) is 7.74. The number of anilines is 1. The van der Waals surface area contributed by atoms with Gasteiger partial charge in [-0.2, -0.15) is 0 Å². The first-order valence-electron chi connectivity index (χ1n) is 7.47. The predicted octanol–water partition coefficient (Wildman–Crippen LogP) is 5.94. The summed E-state index contributed by atoms with van der Waals surface area (Å²) in [5, 5.41) is 0. The number of para-hydroxylation sites is 1. The van der Waals surface area contributed by atoms with Gasteiger partial charge in [-0.25, -0.2) is 0 Å². The Morgan fingerprint density at radius 3 is 2.54 bits per heavy atom. The Kier molecular flexibility index (Phi) is 6.42. The van der Waals surface area contributed by atoms with Crippen LogP contribution in [0.2, 0.25) is 0 Å². The molecule has 0 radical (unpaired) electrons. The number of rotatable bonds is 3. The molecular formula is C19H18Cl3NZr. The van der Waals surface area contributed by atoms with E-state index >= 15 is 0 Å². The SMILES string of the molecule is CC1=CC2=C[C](Cl)([Zr][C]3=CC=CC3)N(c3ccccc3)C2=C1.Cl.Cl. The molecular weight excluding hydrogens is 440 g/mol. The zero-order chi connectivity index (χ0) is 15.2. The van der Waals surface area contributed by atoms with Crippen LogP contribution in [0, 0.1) is 0 Å². The maximum absolute atomic E-state index is 7.19. The number of hydrogen-bond donors (Lipinski definition) is 0. The molecule has 1 aliphatic heterocycles. The quantitative estimate of drug-likeness (QED) is 0.401. The maximum Gasteiger partial charge on any atom is -0.147 e. The van der Waals surface area contributed by atoms with Crippen molar-refractivity contribution in [3.63, 3.8) is 0 Å². The fraction of sp³-hybridized carbons (Fsp3) is 0.158. The van der Waals surface area contributed by atoms with Crippen LogP contribution in [0.4, 0.5) is 5.69 Å². The molecule has 0 N–H and O–H groups in total. The van der Waals surface area contributed by atoms with Crippen LogP contribution in [0.5, 0.6) is 0 Å². The number of allylic oxidation sites excluding steroid dienone is 7. The van der Waals surface area contributed by atoms with E-state index in [1.54, 1.807) is 3.28 Å². The monoisotopic (exact) mass is 455 g/mol. The van der Waals surface area contributed by atoms with Gasteiger partial charge in [-0.05, 0) is 0 Å². The van der Waals surface area contributed by atoms with Crippen molar-refractivity contribution in [3.8, 4) is 0 Å². The van der Waals surface area contributed by atoms with Crippen LogP contribution < -0.4 is 4.90 Å². The van der Waals surface area contributed by atoms with E-state index < -0.39 is 23.2 Å². The molecule has 0 fully saturated rings. The molecule has 5 heteroatoms. The van der Waals surface area contributed by atoms with E-state index in [2.05, 4.69) is 78.6 Å². The van der Waals surface area contributed by atoms with Crippen LogP contribution in [0.3, 0.4) is 0 Å². The molecule has 1 nitrogen and oxygen atoms in total. The molecule has 3 aliphatic rings. The number of alkyl halides is 1.